The van der Waals surface area contributed by atoms with E-state index in [0.717, 1.165) is 23.1 Å². The average Bonchev–Trinajstić information content (AvgIpc) is 3.28. The molecule has 1 unspecified atom stereocenters. The van der Waals surface area contributed by atoms with Gasteiger partial charge in [0.25, 0.3) is 6.33 Å². The zero-order valence-electron chi connectivity index (χ0n) is 19.7. The third kappa shape index (κ3) is 4.33. The van der Waals surface area contributed by atoms with E-state index in [2.05, 4.69) is 0 Å². The summed E-state index contributed by atoms with van der Waals surface area (Å²) in [5.74, 6) is 2.67. The molecule has 1 amide bonds. The van der Waals surface area contributed by atoms with Gasteiger partial charge in [-0.1, -0.05) is 6.07 Å². The molecule has 0 aliphatic carbocycles. The zero-order chi connectivity index (χ0) is 23.5. The number of aromatic nitrogens is 2. The van der Waals surface area contributed by atoms with Crippen LogP contribution in [0, 0.1) is 0 Å². The summed E-state index contributed by atoms with van der Waals surface area (Å²) in [5.41, 5.74) is 3.25. The summed E-state index contributed by atoms with van der Waals surface area (Å²) < 4.78 is 25.5. The molecule has 0 radical (unpaired) electrons. The second-order valence-electron chi connectivity index (χ2n) is 8.03. The van der Waals surface area contributed by atoms with Crippen molar-refractivity contribution in [2.45, 2.75) is 18.9 Å². The Morgan fingerprint density at radius 2 is 1.64 bits per heavy atom. The van der Waals surface area contributed by atoms with Crippen LogP contribution in [0.2, 0.25) is 0 Å². The number of ether oxygens (including phenoxy) is 4. The fourth-order valence-corrected chi connectivity index (χ4v) is 4.42. The first-order chi connectivity index (χ1) is 16.0. The third-order valence-electron chi connectivity index (χ3n) is 6.12. The number of carbonyl (C=O) groups is 1. The van der Waals surface area contributed by atoms with Crippen LogP contribution in [0.1, 0.15) is 22.7 Å². The summed E-state index contributed by atoms with van der Waals surface area (Å²) in [5, 5.41) is 0. The molecule has 0 N–H and O–H groups in total. The van der Waals surface area contributed by atoms with Crippen molar-refractivity contribution in [3.63, 3.8) is 0 Å². The van der Waals surface area contributed by atoms with Crippen molar-refractivity contribution in [2.24, 2.45) is 7.05 Å². The molecule has 33 heavy (non-hydrogen) atoms. The maximum absolute atomic E-state index is 13.5. The summed E-state index contributed by atoms with van der Waals surface area (Å²) in [4.78, 5) is 15.4. The molecule has 8 nitrogen and oxygen atoms in total. The van der Waals surface area contributed by atoms with Crippen molar-refractivity contribution in [1.29, 1.82) is 0 Å². The van der Waals surface area contributed by atoms with Crippen LogP contribution in [0.5, 0.6) is 23.0 Å². The largest absolute Gasteiger partial charge is 0.493 e. The molecular formula is C25H30N3O5+. The Morgan fingerprint density at radius 3 is 2.27 bits per heavy atom. The zero-order valence-corrected chi connectivity index (χ0v) is 19.7. The van der Waals surface area contributed by atoms with Gasteiger partial charge in [0.05, 0.1) is 41.5 Å². The fraction of sp³-hybridized carbons (Fsp3) is 0.360. The van der Waals surface area contributed by atoms with E-state index in [-0.39, 0.29) is 12.1 Å². The van der Waals surface area contributed by atoms with Crippen LogP contribution < -0.4 is 23.5 Å². The summed E-state index contributed by atoms with van der Waals surface area (Å²) in [6.45, 7) is 0.598. The van der Waals surface area contributed by atoms with Gasteiger partial charge >= 0.3 is 6.03 Å². The van der Waals surface area contributed by atoms with Gasteiger partial charge in [-0.25, -0.2) is 9.36 Å². The Bertz CT molecular complexity index is 1160. The molecule has 8 heteroatoms. The van der Waals surface area contributed by atoms with E-state index in [9.17, 15) is 4.79 Å². The molecule has 0 bridgehead atoms. The molecule has 174 valence electrons. The van der Waals surface area contributed by atoms with Gasteiger partial charge in [0, 0.05) is 6.54 Å². The monoisotopic (exact) mass is 452 g/mol. The summed E-state index contributed by atoms with van der Waals surface area (Å²) >= 11 is 0. The van der Waals surface area contributed by atoms with Gasteiger partial charge in [0.2, 0.25) is 0 Å². The lowest BCUT2D eigenvalue weighted by Gasteiger charge is -2.36. The highest BCUT2D eigenvalue weighted by Crippen LogP contribution is 2.40. The van der Waals surface area contributed by atoms with Crippen molar-refractivity contribution < 1.29 is 28.3 Å². The van der Waals surface area contributed by atoms with Crippen LogP contribution in [0.4, 0.5) is 4.79 Å². The minimum absolute atomic E-state index is 0.0680. The lowest BCUT2D eigenvalue weighted by molar-refractivity contribution is -0.670. The van der Waals surface area contributed by atoms with Gasteiger partial charge in [0.15, 0.2) is 23.0 Å². The van der Waals surface area contributed by atoms with Crippen molar-refractivity contribution in [2.75, 3.05) is 35.0 Å². The lowest BCUT2D eigenvalue weighted by Crippen LogP contribution is -2.43. The minimum Gasteiger partial charge on any atom is -0.493 e. The van der Waals surface area contributed by atoms with Crippen molar-refractivity contribution in [1.82, 2.24) is 9.47 Å². The van der Waals surface area contributed by atoms with Crippen molar-refractivity contribution >= 4 is 6.03 Å². The first-order valence-electron chi connectivity index (χ1n) is 10.8. The number of amides is 1. The Balaban J connectivity index is 1.78. The van der Waals surface area contributed by atoms with E-state index in [1.165, 1.54) is 0 Å². The summed E-state index contributed by atoms with van der Waals surface area (Å²) in [7, 11) is 8.39. The summed E-state index contributed by atoms with van der Waals surface area (Å²) in [6.07, 6.45) is 6.76. The molecule has 0 fully saturated rings. The van der Waals surface area contributed by atoms with E-state index >= 15 is 0 Å². The maximum Gasteiger partial charge on any atom is 0.416 e. The highest BCUT2D eigenvalue weighted by atomic mass is 16.5. The predicted octanol–water partition coefficient (Wildman–Crippen LogP) is 3.16. The van der Waals surface area contributed by atoms with Gasteiger partial charge in [-0.3, -0.25) is 4.90 Å². The summed E-state index contributed by atoms with van der Waals surface area (Å²) in [6, 6.07) is 9.63. The third-order valence-corrected chi connectivity index (χ3v) is 6.12. The van der Waals surface area contributed by atoms with Crippen LogP contribution >= 0.6 is 0 Å². The Kier molecular flexibility index (Phi) is 6.44. The molecule has 4 rings (SSSR count). The molecule has 1 aliphatic rings. The van der Waals surface area contributed by atoms with Crippen LogP contribution in [-0.2, 0) is 19.9 Å². The number of methoxy groups -OCH3 is 4. The van der Waals surface area contributed by atoms with Crippen molar-refractivity contribution in [3.05, 3.63) is 65.7 Å². The van der Waals surface area contributed by atoms with E-state index in [0.29, 0.717) is 36.0 Å². The highest BCUT2D eigenvalue weighted by Gasteiger charge is 2.35. The number of benzene rings is 2. The number of hydrogen-bond acceptors (Lipinski definition) is 5. The van der Waals surface area contributed by atoms with Gasteiger partial charge in [-0.2, -0.15) is 4.57 Å². The highest BCUT2D eigenvalue weighted by molar-refractivity contribution is 5.77. The second kappa shape index (κ2) is 9.44. The second-order valence-corrected chi connectivity index (χ2v) is 8.03. The Labute approximate surface area is 193 Å². The van der Waals surface area contributed by atoms with Gasteiger partial charge in [-0.05, 0) is 53.8 Å². The molecule has 1 aromatic heterocycles. The van der Waals surface area contributed by atoms with E-state index < -0.39 is 0 Å². The van der Waals surface area contributed by atoms with E-state index in [1.54, 1.807) is 45.5 Å². The fourth-order valence-electron chi connectivity index (χ4n) is 4.42. The predicted molar refractivity (Wildman–Crippen MR) is 122 cm³/mol. The topological polar surface area (TPSA) is 66.0 Å². The number of carbonyl (C=O) groups excluding carboxylic acids is 1. The number of imidazole rings is 1. The Hall–Kier alpha value is -3.68. The molecular weight excluding hydrogens is 422 g/mol. The van der Waals surface area contributed by atoms with Gasteiger partial charge in [-0.15, -0.1) is 0 Å². The number of nitrogens with zero attached hydrogens (tertiary/aromatic N) is 3. The number of aryl methyl sites for hydroxylation is 1. The maximum atomic E-state index is 13.5. The smallest absolute Gasteiger partial charge is 0.416 e. The minimum atomic E-state index is -0.188. The first-order valence-corrected chi connectivity index (χ1v) is 10.8. The molecule has 0 saturated carbocycles. The normalized spacial score (nSPS) is 15.1. The number of hydrogen-bond donors (Lipinski definition) is 0. The lowest BCUT2D eigenvalue weighted by atomic mass is 9.88. The SMILES string of the molecule is COc1ccc(CC2c3cc(OC)c(OC)cc3CCN2C(=O)n2cc[n+](C)c2)cc1OC. The molecule has 0 spiro atoms. The van der Waals surface area contributed by atoms with Crippen LogP contribution in [0.15, 0.2) is 49.1 Å². The molecule has 2 heterocycles. The standard InChI is InChI=1S/C25H30N3O5/c1-26-10-11-27(16-26)25(29)28-9-8-18-14-23(32-4)24(33-5)15-19(18)20(28)12-17-6-7-21(30-2)22(13-17)31-3/h6-7,10-11,13-16,20H,8-9,12H2,1-5H3/q+1. The average molecular weight is 453 g/mol. The number of fused-ring (bicyclic) bond motifs is 1. The molecule has 0 saturated heterocycles. The molecule has 2 aromatic carbocycles. The van der Waals surface area contributed by atoms with Gasteiger partial charge in [0.1, 0.15) is 12.4 Å². The Morgan fingerprint density at radius 1 is 0.970 bits per heavy atom. The van der Waals surface area contributed by atoms with Crippen molar-refractivity contribution in [3.8, 4) is 23.0 Å². The van der Waals surface area contributed by atoms with Crippen LogP contribution in [-0.4, -0.2) is 50.5 Å². The molecule has 1 aliphatic heterocycles. The van der Waals surface area contributed by atoms with E-state index in [4.69, 9.17) is 18.9 Å². The molecule has 3 aromatic rings. The van der Waals surface area contributed by atoms with Gasteiger partial charge < -0.3 is 18.9 Å². The van der Waals surface area contributed by atoms with E-state index in [1.807, 2.05) is 53.0 Å². The molecule has 1 atom stereocenters. The van der Waals surface area contributed by atoms with Crippen LogP contribution in [0.25, 0.3) is 0 Å². The quantitative estimate of drug-likeness (QED) is 0.538. The first kappa shape index (κ1) is 22.5. The van der Waals surface area contributed by atoms with Crippen LogP contribution in [0.3, 0.4) is 0 Å². The number of rotatable bonds is 6.